The van der Waals surface area contributed by atoms with Crippen molar-refractivity contribution >= 4 is 65.6 Å². The van der Waals surface area contributed by atoms with Crippen LogP contribution >= 0.6 is 0 Å². The van der Waals surface area contributed by atoms with Crippen LogP contribution in [0.25, 0.3) is 88.1 Å². The maximum atomic E-state index is 10.6. The highest BCUT2D eigenvalue weighted by molar-refractivity contribution is 6.17. The van der Waals surface area contributed by atoms with Gasteiger partial charge in [-0.1, -0.05) is 78.9 Å². The molecule has 0 saturated heterocycles. The Bertz CT molecular complexity index is 3190. The van der Waals surface area contributed by atoms with Crippen molar-refractivity contribution in [3.05, 3.63) is 156 Å². The molecule has 234 valence electrons. The Morgan fingerprint density at radius 2 is 1.08 bits per heavy atom. The fourth-order valence-corrected chi connectivity index (χ4v) is 7.85. The van der Waals surface area contributed by atoms with Crippen molar-refractivity contribution < 1.29 is 4.42 Å². The number of nitriles is 3. The minimum atomic E-state index is 0.273. The zero-order valence-corrected chi connectivity index (χ0v) is 26.9. The summed E-state index contributed by atoms with van der Waals surface area (Å²) in [4.78, 5) is 0. The Morgan fingerprint density at radius 3 is 1.75 bits per heavy atom. The van der Waals surface area contributed by atoms with Crippen molar-refractivity contribution in [2.24, 2.45) is 0 Å². The highest BCUT2D eigenvalue weighted by atomic mass is 16.3. The molecule has 0 unspecified atom stereocenters. The van der Waals surface area contributed by atoms with Gasteiger partial charge < -0.3 is 13.6 Å². The lowest BCUT2D eigenvalue weighted by Crippen LogP contribution is -2.04. The van der Waals surface area contributed by atoms with Crippen molar-refractivity contribution in [1.82, 2.24) is 9.13 Å². The van der Waals surface area contributed by atoms with E-state index in [-0.39, 0.29) is 11.1 Å². The third kappa shape index (κ3) is 4.01. The van der Waals surface area contributed by atoms with Crippen LogP contribution in [0.15, 0.2) is 144 Å². The molecule has 0 N–H and O–H groups in total. The Labute approximate surface area is 291 Å². The molecule has 0 aliphatic carbocycles. The molecule has 0 fully saturated rings. The summed E-state index contributed by atoms with van der Waals surface area (Å²) in [6, 6.07) is 53.2. The van der Waals surface area contributed by atoms with E-state index in [4.69, 9.17) is 4.42 Å². The van der Waals surface area contributed by atoms with E-state index < -0.39 is 0 Å². The van der Waals surface area contributed by atoms with Crippen LogP contribution in [0, 0.1) is 34.0 Å². The molecule has 3 aromatic heterocycles. The number of fused-ring (bicyclic) bond motifs is 9. The van der Waals surface area contributed by atoms with E-state index in [1.165, 1.54) is 0 Å². The molecule has 0 bridgehead atoms. The monoisotopic (exact) mass is 649 g/mol. The van der Waals surface area contributed by atoms with Gasteiger partial charge in [-0.2, -0.15) is 15.8 Å². The molecule has 6 heteroatoms. The fourth-order valence-electron chi connectivity index (χ4n) is 7.85. The van der Waals surface area contributed by atoms with Crippen molar-refractivity contribution in [3.8, 4) is 40.7 Å². The van der Waals surface area contributed by atoms with Gasteiger partial charge in [0.05, 0.1) is 50.5 Å². The summed E-state index contributed by atoms with van der Waals surface area (Å²) in [6.45, 7) is 0. The molecular weight excluding hydrogens is 627 g/mol. The molecule has 0 atom stereocenters. The van der Waals surface area contributed by atoms with E-state index in [9.17, 15) is 15.8 Å². The molecule has 10 rings (SSSR count). The second-order valence-corrected chi connectivity index (χ2v) is 12.7. The highest BCUT2D eigenvalue weighted by Crippen LogP contribution is 2.42. The molecule has 0 radical (unpaired) electrons. The van der Waals surface area contributed by atoms with Gasteiger partial charge in [-0.25, -0.2) is 0 Å². The Kier molecular flexibility index (Phi) is 5.97. The van der Waals surface area contributed by atoms with Gasteiger partial charge in [0.15, 0.2) is 0 Å². The van der Waals surface area contributed by atoms with Crippen molar-refractivity contribution in [2.45, 2.75) is 0 Å². The maximum Gasteiger partial charge on any atom is 0.137 e. The summed E-state index contributed by atoms with van der Waals surface area (Å²) < 4.78 is 10.6. The summed E-state index contributed by atoms with van der Waals surface area (Å²) in [5.74, 6) is 0. The smallest absolute Gasteiger partial charge is 0.137 e. The molecule has 6 nitrogen and oxygen atoms in total. The van der Waals surface area contributed by atoms with E-state index in [1.807, 2.05) is 84.9 Å². The van der Waals surface area contributed by atoms with Gasteiger partial charge in [-0.15, -0.1) is 0 Å². The van der Waals surface area contributed by atoms with Gasteiger partial charge in [0.25, 0.3) is 0 Å². The molecule has 0 amide bonds. The number of hydrogen-bond acceptors (Lipinski definition) is 4. The zero-order valence-electron chi connectivity index (χ0n) is 26.9. The van der Waals surface area contributed by atoms with Gasteiger partial charge >= 0.3 is 0 Å². The van der Waals surface area contributed by atoms with Crippen LogP contribution in [0.3, 0.4) is 0 Å². The first kappa shape index (κ1) is 28.4. The summed E-state index contributed by atoms with van der Waals surface area (Å²) in [7, 11) is 0. The predicted molar refractivity (Wildman–Crippen MR) is 202 cm³/mol. The van der Waals surface area contributed by atoms with Gasteiger partial charge in [0, 0.05) is 49.6 Å². The molecule has 10 aromatic rings. The number of para-hydroxylation sites is 4. The predicted octanol–water partition coefficient (Wildman–Crippen LogP) is 11.1. The van der Waals surface area contributed by atoms with E-state index in [0.717, 1.165) is 82.4 Å². The molecule has 3 heterocycles. The number of furan rings is 1. The van der Waals surface area contributed by atoms with Gasteiger partial charge in [-0.3, -0.25) is 0 Å². The summed E-state index contributed by atoms with van der Waals surface area (Å²) >= 11 is 0. The second-order valence-electron chi connectivity index (χ2n) is 12.7. The fraction of sp³-hybridized carbons (Fsp3) is 0. The standard InChI is InChI=1S/C45H23N5O/c46-24-27-19-29(31-18-17-28(25-47)38(26-48)45(31)50-40-14-6-1-9-32(40)33-10-2-7-15-41(33)50)21-30(20-27)49-39-13-5-3-11-34(39)36-22-37-35-12-4-8-16-43(35)51-44(37)23-42(36)49/h1-23H. The van der Waals surface area contributed by atoms with Crippen molar-refractivity contribution in [1.29, 1.82) is 15.8 Å². The van der Waals surface area contributed by atoms with Crippen LogP contribution in [-0.2, 0) is 0 Å². The molecule has 0 aliphatic heterocycles. The zero-order chi connectivity index (χ0) is 34.2. The first-order valence-corrected chi connectivity index (χ1v) is 16.5. The number of nitrogens with zero attached hydrogens (tertiary/aromatic N) is 5. The van der Waals surface area contributed by atoms with Gasteiger partial charge in [-0.05, 0) is 60.2 Å². The maximum absolute atomic E-state index is 10.6. The summed E-state index contributed by atoms with van der Waals surface area (Å²) in [5, 5.41) is 37.6. The van der Waals surface area contributed by atoms with Gasteiger partial charge in [0.1, 0.15) is 23.3 Å². The first-order chi connectivity index (χ1) is 25.2. The Balaban J connectivity index is 1.30. The topological polar surface area (TPSA) is 94.4 Å². The third-order valence-electron chi connectivity index (χ3n) is 10.0. The van der Waals surface area contributed by atoms with E-state index in [0.29, 0.717) is 11.3 Å². The van der Waals surface area contributed by atoms with E-state index >= 15 is 0 Å². The molecular formula is C45H23N5O. The van der Waals surface area contributed by atoms with Crippen LogP contribution in [0.5, 0.6) is 0 Å². The largest absolute Gasteiger partial charge is 0.456 e. The number of hydrogen-bond donors (Lipinski definition) is 0. The lowest BCUT2D eigenvalue weighted by Gasteiger charge is -2.18. The highest BCUT2D eigenvalue weighted by Gasteiger charge is 2.23. The SMILES string of the molecule is N#Cc1cc(-c2ccc(C#N)c(C#N)c2-n2c3ccccc3c3ccccc32)cc(-n2c3ccccc3c3cc4c(cc32)oc2ccccc24)c1. The summed E-state index contributed by atoms with van der Waals surface area (Å²) in [5.41, 5.74) is 9.28. The minimum absolute atomic E-state index is 0.273. The van der Waals surface area contributed by atoms with Crippen LogP contribution in [-0.4, -0.2) is 9.13 Å². The normalized spacial score (nSPS) is 11.5. The van der Waals surface area contributed by atoms with Gasteiger partial charge in [0.2, 0.25) is 0 Å². The summed E-state index contributed by atoms with van der Waals surface area (Å²) in [6.07, 6.45) is 0. The van der Waals surface area contributed by atoms with Crippen LogP contribution in [0.2, 0.25) is 0 Å². The molecule has 51 heavy (non-hydrogen) atoms. The average molecular weight is 650 g/mol. The van der Waals surface area contributed by atoms with Crippen LogP contribution < -0.4 is 0 Å². The first-order valence-electron chi connectivity index (χ1n) is 16.5. The Hall–Kier alpha value is -7.59. The Morgan fingerprint density at radius 1 is 0.451 bits per heavy atom. The molecule has 0 aliphatic rings. The molecule has 0 saturated carbocycles. The number of rotatable bonds is 3. The van der Waals surface area contributed by atoms with Crippen LogP contribution in [0.4, 0.5) is 0 Å². The van der Waals surface area contributed by atoms with Crippen molar-refractivity contribution in [2.75, 3.05) is 0 Å². The van der Waals surface area contributed by atoms with Crippen molar-refractivity contribution in [3.63, 3.8) is 0 Å². The van der Waals surface area contributed by atoms with E-state index in [1.54, 1.807) is 6.07 Å². The lowest BCUT2D eigenvalue weighted by molar-refractivity contribution is 0.669. The van der Waals surface area contributed by atoms with Crippen LogP contribution in [0.1, 0.15) is 16.7 Å². The minimum Gasteiger partial charge on any atom is -0.456 e. The molecule has 7 aromatic carbocycles. The number of benzene rings is 7. The number of aromatic nitrogens is 2. The second kappa shape index (κ2) is 10.7. The third-order valence-corrected chi connectivity index (χ3v) is 10.0. The average Bonchev–Trinajstić information content (AvgIpc) is 3.83. The lowest BCUT2D eigenvalue weighted by atomic mass is 9.95. The quantitative estimate of drug-likeness (QED) is 0.190. The molecule has 0 spiro atoms. The van der Waals surface area contributed by atoms with E-state index in [2.05, 4.69) is 75.9 Å².